The van der Waals surface area contributed by atoms with E-state index in [1.54, 1.807) is 0 Å². The zero-order valence-corrected chi connectivity index (χ0v) is 11.8. The third kappa shape index (κ3) is 2.84. The summed E-state index contributed by atoms with van der Waals surface area (Å²) in [5, 5.41) is 4.04. The molecule has 102 valence electrons. The minimum absolute atomic E-state index is 0.134. The normalized spacial score (nSPS) is 16.0. The molecule has 0 bridgehead atoms. The number of aromatic nitrogens is 2. The molecule has 0 fully saturated rings. The fourth-order valence-corrected chi connectivity index (χ4v) is 2.01. The summed E-state index contributed by atoms with van der Waals surface area (Å²) in [7, 11) is 0. The summed E-state index contributed by atoms with van der Waals surface area (Å²) in [4.78, 5) is 4.50. The van der Waals surface area contributed by atoms with Crippen LogP contribution in [0.2, 0.25) is 0 Å². The van der Waals surface area contributed by atoms with Gasteiger partial charge in [0.15, 0.2) is 5.82 Å². The quantitative estimate of drug-likeness (QED) is 0.895. The highest BCUT2D eigenvalue weighted by atomic mass is 16.5. The summed E-state index contributed by atoms with van der Waals surface area (Å²) in [6, 6.07) is 10.2. The molecule has 0 saturated heterocycles. The van der Waals surface area contributed by atoms with Crippen LogP contribution in [0.3, 0.4) is 0 Å². The van der Waals surface area contributed by atoms with Gasteiger partial charge in [0.25, 0.3) is 0 Å². The Labute approximate surface area is 114 Å². The Morgan fingerprint density at radius 1 is 1.26 bits per heavy atom. The van der Waals surface area contributed by atoms with E-state index in [1.165, 1.54) is 5.56 Å². The molecule has 2 aromatic rings. The van der Waals surface area contributed by atoms with Gasteiger partial charge in [0.2, 0.25) is 5.89 Å². The zero-order valence-electron chi connectivity index (χ0n) is 11.8. The molecular weight excluding hydrogens is 238 g/mol. The van der Waals surface area contributed by atoms with E-state index in [2.05, 4.69) is 29.2 Å². The molecule has 2 unspecified atom stereocenters. The van der Waals surface area contributed by atoms with Crippen LogP contribution in [0.25, 0.3) is 0 Å². The van der Waals surface area contributed by atoms with Crippen LogP contribution in [-0.4, -0.2) is 10.1 Å². The first-order valence-electron chi connectivity index (χ1n) is 6.76. The zero-order chi connectivity index (χ0) is 13.9. The van der Waals surface area contributed by atoms with E-state index in [1.807, 2.05) is 32.0 Å². The minimum atomic E-state index is -0.531. The van der Waals surface area contributed by atoms with Gasteiger partial charge >= 0.3 is 0 Å². The molecule has 2 N–H and O–H groups in total. The molecule has 1 heterocycles. The van der Waals surface area contributed by atoms with Crippen LogP contribution in [-0.2, 0) is 5.54 Å². The first kappa shape index (κ1) is 13.7. The second-order valence-corrected chi connectivity index (χ2v) is 5.10. The van der Waals surface area contributed by atoms with Crippen LogP contribution in [0.15, 0.2) is 34.9 Å². The van der Waals surface area contributed by atoms with Gasteiger partial charge in [-0.15, -0.1) is 0 Å². The first-order valence-corrected chi connectivity index (χ1v) is 6.76. The fraction of sp³-hybridized carbons (Fsp3) is 0.467. The third-order valence-corrected chi connectivity index (χ3v) is 3.60. The summed E-state index contributed by atoms with van der Waals surface area (Å²) in [6.45, 7) is 6.05. The van der Waals surface area contributed by atoms with Gasteiger partial charge in [-0.1, -0.05) is 49.3 Å². The number of hydrogen-bond acceptors (Lipinski definition) is 4. The van der Waals surface area contributed by atoms with Gasteiger partial charge < -0.3 is 10.3 Å². The lowest BCUT2D eigenvalue weighted by atomic mass is 9.96. The summed E-state index contributed by atoms with van der Waals surface area (Å²) in [6.07, 6.45) is 1.69. The highest BCUT2D eigenvalue weighted by Gasteiger charge is 2.27. The van der Waals surface area contributed by atoms with Gasteiger partial charge in [-0.25, -0.2) is 0 Å². The maximum atomic E-state index is 6.15. The van der Waals surface area contributed by atoms with E-state index < -0.39 is 5.54 Å². The molecule has 19 heavy (non-hydrogen) atoms. The Morgan fingerprint density at radius 3 is 2.53 bits per heavy atom. The maximum absolute atomic E-state index is 6.15. The molecule has 0 amide bonds. The minimum Gasteiger partial charge on any atom is -0.339 e. The van der Waals surface area contributed by atoms with Crippen molar-refractivity contribution in [2.45, 2.75) is 45.1 Å². The molecule has 0 spiro atoms. The molecule has 0 aliphatic heterocycles. The van der Waals surface area contributed by atoms with Crippen molar-refractivity contribution in [1.82, 2.24) is 10.1 Å². The average Bonchev–Trinajstić information content (AvgIpc) is 2.91. The number of nitrogens with two attached hydrogens (primary N) is 1. The molecule has 4 heteroatoms. The van der Waals surface area contributed by atoms with E-state index in [0.717, 1.165) is 12.8 Å². The summed E-state index contributed by atoms with van der Waals surface area (Å²) < 4.78 is 5.42. The van der Waals surface area contributed by atoms with Crippen LogP contribution < -0.4 is 5.73 Å². The standard InChI is InChI=1S/C15H21N3O/c1-4-12(11-9-7-6-8-10-11)13-17-14(18-19-13)15(3,16)5-2/h6-10,12H,4-5,16H2,1-3H3. The smallest absolute Gasteiger partial charge is 0.234 e. The summed E-state index contributed by atoms with van der Waals surface area (Å²) in [5.41, 5.74) is 6.81. The summed E-state index contributed by atoms with van der Waals surface area (Å²) >= 11 is 0. The van der Waals surface area contributed by atoms with Crippen molar-refractivity contribution in [2.75, 3.05) is 0 Å². The highest BCUT2D eigenvalue weighted by Crippen LogP contribution is 2.28. The number of nitrogens with zero attached hydrogens (tertiary/aromatic N) is 2. The second kappa shape index (κ2) is 5.53. The molecule has 0 radical (unpaired) electrons. The average molecular weight is 259 g/mol. The van der Waals surface area contributed by atoms with Gasteiger partial charge in [-0.05, 0) is 25.3 Å². The van der Waals surface area contributed by atoms with E-state index in [4.69, 9.17) is 10.3 Å². The Bertz CT molecular complexity index is 519. The van der Waals surface area contributed by atoms with Gasteiger partial charge in [0, 0.05) is 0 Å². The van der Waals surface area contributed by atoms with Gasteiger partial charge in [-0.2, -0.15) is 4.98 Å². The Balaban J connectivity index is 2.31. The van der Waals surface area contributed by atoms with Gasteiger partial charge in [-0.3, -0.25) is 0 Å². The Hall–Kier alpha value is -1.68. The lowest BCUT2D eigenvalue weighted by Gasteiger charge is -2.17. The monoisotopic (exact) mass is 259 g/mol. The molecule has 0 aliphatic rings. The molecule has 2 atom stereocenters. The molecule has 2 rings (SSSR count). The van der Waals surface area contributed by atoms with Crippen LogP contribution in [0.4, 0.5) is 0 Å². The molecule has 1 aromatic carbocycles. The van der Waals surface area contributed by atoms with Gasteiger partial charge in [0.1, 0.15) is 0 Å². The maximum Gasteiger partial charge on any atom is 0.234 e. The number of rotatable bonds is 5. The van der Waals surface area contributed by atoms with Crippen LogP contribution in [0.1, 0.15) is 56.8 Å². The first-order chi connectivity index (χ1) is 9.08. The van der Waals surface area contributed by atoms with Crippen molar-refractivity contribution in [3.63, 3.8) is 0 Å². The van der Waals surface area contributed by atoms with E-state index in [-0.39, 0.29) is 5.92 Å². The van der Waals surface area contributed by atoms with Crippen molar-refractivity contribution < 1.29 is 4.52 Å². The SMILES string of the molecule is CCC(c1ccccc1)c1nc(C(C)(N)CC)no1. The molecule has 0 aliphatic carbocycles. The van der Waals surface area contributed by atoms with E-state index in [0.29, 0.717) is 11.7 Å². The van der Waals surface area contributed by atoms with Gasteiger partial charge in [0.05, 0.1) is 11.5 Å². The van der Waals surface area contributed by atoms with Crippen molar-refractivity contribution >= 4 is 0 Å². The van der Waals surface area contributed by atoms with Crippen molar-refractivity contribution in [3.8, 4) is 0 Å². The van der Waals surface area contributed by atoms with E-state index in [9.17, 15) is 0 Å². The van der Waals surface area contributed by atoms with E-state index >= 15 is 0 Å². The molecular formula is C15H21N3O. The Kier molecular flexibility index (Phi) is 4.00. The second-order valence-electron chi connectivity index (χ2n) is 5.10. The van der Waals surface area contributed by atoms with Crippen molar-refractivity contribution in [3.05, 3.63) is 47.6 Å². The predicted octanol–water partition coefficient (Wildman–Crippen LogP) is 3.20. The topological polar surface area (TPSA) is 64.9 Å². The Morgan fingerprint density at radius 2 is 1.95 bits per heavy atom. The number of benzene rings is 1. The molecule has 0 saturated carbocycles. The van der Waals surface area contributed by atoms with Crippen LogP contribution >= 0.6 is 0 Å². The third-order valence-electron chi connectivity index (χ3n) is 3.60. The lowest BCUT2D eigenvalue weighted by Crippen LogP contribution is -2.33. The number of hydrogen-bond donors (Lipinski definition) is 1. The highest BCUT2D eigenvalue weighted by molar-refractivity contribution is 5.24. The molecule has 4 nitrogen and oxygen atoms in total. The lowest BCUT2D eigenvalue weighted by molar-refractivity contribution is 0.342. The van der Waals surface area contributed by atoms with Crippen LogP contribution in [0.5, 0.6) is 0 Å². The summed E-state index contributed by atoms with van der Waals surface area (Å²) in [5.74, 6) is 1.36. The predicted molar refractivity (Wildman–Crippen MR) is 74.7 cm³/mol. The van der Waals surface area contributed by atoms with Crippen molar-refractivity contribution in [1.29, 1.82) is 0 Å². The fourth-order valence-electron chi connectivity index (χ4n) is 2.01. The van der Waals surface area contributed by atoms with Crippen LogP contribution in [0, 0.1) is 0 Å². The molecule has 1 aromatic heterocycles. The van der Waals surface area contributed by atoms with Crippen molar-refractivity contribution in [2.24, 2.45) is 5.73 Å². The largest absolute Gasteiger partial charge is 0.339 e.